The van der Waals surface area contributed by atoms with Gasteiger partial charge in [0.1, 0.15) is 5.01 Å². The first kappa shape index (κ1) is 21.9. The Kier molecular flexibility index (Phi) is 6.03. The van der Waals surface area contributed by atoms with Crippen LogP contribution in [-0.4, -0.2) is 26.2 Å². The Morgan fingerprint density at radius 3 is 2.76 bits per heavy atom. The molecular weight excluding hydrogens is 452 g/mol. The molecule has 8 heteroatoms. The van der Waals surface area contributed by atoms with Crippen LogP contribution in [0.15, 0.2) is 58.5 Å². The summed E-state index contributed by atoms with van der Waals surface area (Å²) in [5.74, 6) is 0.572. The minimum absolute atomic E-state index is 0.0679. The summed E-state index contributed by atoms with van der Waals surface area (Å²) >= 11 is 3.21. The molecule has 2 aromatic carbocycles. The molecule has 0 saturated carbocycles. The van der Waals surface area contributed by atoms with Gasteiger partial charge in [-0.15, -0.1) is 11.3 Å². The van der Waals surface area contributed by atoms with Gasteiger partial charge in [-0.1, -0.05) is 31.2 Å². The number of carbonyl (C=O) groups is 1. The molecule has 0 aliphatic carbocycles. The van der Waals surface area contributed by atoms with Gasteiger partial charge in [0.25, 0.3) is 5.56 Å². The third kappa shape index (κ3) is 4.58. The number of carbonyl (C=O) groups excluding carboxylic acids is 1. The second kappa shape index (κ2) is 9.11. The number of aryl methyl sites for hydroxylation is 2. The summed E-state index contributed by atoms with van der Waals surface area (Å²) in [6.07, 6.45) is 1.99. The molecule has 1 atom stereocenters. The predicted octanol–water partition coefficient (Wildman–Crippen LogP) is 5.46. The van der Waals surface area contributed by atoms with Crippen LogP contribution < -0.4 is 10.9 Å². The van der Waals surface area contributed by atoms with Crippen molar-refractivity contribution in [3.05, 3.63) is 70.1 Å². The van der Waals surface area contributed by atoms with Crippen LogP contribution in [0.5, 0.6) is 0 Å². The lowest BCUT2D eigenvalue weighted by Crippen LogP contribution is -2.27. The number of hydrogen-bond donors (Lipinski definition) is 1. The van der Waals surface area contributed by atoms with Gasteiger partial charge < -0.3 is 5.32 Å². The number of nitrogens with one attached hydrogen (secondary N) is 1. The van der Waals surface area contributed by atoms with Crippen molar-refractivity contribution >= 4 is 44.9 Å². The standard InChI is InChI=1S/C25H24N4O2S2/c1-3-4-18-12-23(31)29-19(14-32-25(29)27-18)13-22(30)26-17-8-6-16(7-9-17)24-28-20-10-5-15(2)11-21(20)33-24/h5-12,19H,3-4,13-14H2,1-2H3,(H,26,30). The molecule has 4 aromatic rings. The van der Waals surface area contributed by atoms with Crippen LogP contribution in [0.1, 0.15) is 37.1 Å². The summed E-state index contributed by atoms with van der Waals surface area (Å²) in [7, 11) is 0. The van der Waals surface area contributed by atoms with Gasteiger partial charge in [0.15, 0.2) is 5.16 Å². The third-order valence-corrected chi connectivity index (χ3v) is 7.79. The molecule has 1 aliphatic rings. The molecule has 1 amide bonds. The van der Waals surface area contributed by atoms with E-state index < -0.39 is 0 Å². The van der Waals surface area contributed by atoms with Crippen molar-refractivity contribution in [3.8, 4) is 10.6 Å². The van der Waals surface area contributed by atoms with Crippen molar-refractivity contribution in [1.29, 1.82) is 0 Å². The Hall–Kier alpha value is -2.97. The molecule has 3 heterocycles. The maximum Gasteiger partial charge on any atom is 0.254 e. The van der Waals surface area contributed by atoms with Gasteiger partial charge in [-0.2, -0.15) is 0 Å². The Morgan fingerprint density at radius 2 is 1.97 bits per heavy atom. The molecule has 2 aromatic heterocycles. The van der Waals surface area contributed by atoms with Crippen LogP contribution in [0.3, 0.4) is 0 Å². The SMILES string of the molecule is CCCc1cc(=O)n2c(n1)SCC2CC(=O)Nc1ccc(-c2nc3ccc(C)cc3s2)cc1. The maximum absolute atomic E-state index is 12.7. The molecular formula is C25H24N4O2S2. The quantitative estimate of drug-likeness (QED) is 0.374. The number of amides is 1. The molecule has 6 nitrogen and oxygen atoms in total. The van der Waals surface area contributed by atoms with Gasteiger partial charge >= 0.3 is 0 Å². The van der Waals surface area contributed by atoms with Gasteiger partial charge in [0, 0.05) is 35.2 Å². The Balaban J connectivity index is 1.26. The largest absolute Gasteiger partial charge is 0.326 e. The number of benzene rings is 2. The number of aromatic nitrogens is 3. The Morgan fingerprint density at radius 1 is 1.15 bits per heavy atom. The maximum atomic E-state index is 12.7. The van der Waals surface area contributed by atoms with Gasteiger partial charge in [0.2, 0.25) is 5.91 Å². The molecule has 0 saturated heterocycles. The van der Waals surface area contributed by atoms with Crippen LogP contribution in [-0.2, 0) is 11.2 Å². The molecule has 1 aliphatic heterocycles. The van der Waals surface area contributed by atoms with Gasteiger partial charge in [-0.3, -0.25) is 14.2 Å². The van der Waals surface area contributed by atoms with Crippen molar-refractivity contribution < 1.29 is 4.79 Å². The fourth-order valence-corrected chi connectivity index (χ4v) is 6.25. The lowest BCUT2D eigenvalue weighted by atomic mass is 10.2. The van der Waals surface area contributed by atoms with Crippen molar-refractivity contribution in [2.24, 2.45) is 0 Å². The molecule has 33 heavy (non-hydrogen) atoms. The normalized spacial score (nSPS) is 15.0. The van der Waals surface area contributed by atoms with Gasteiger partial charge in [0.05, 0.1) is 16.3 Å². The summed E-state index contributed by atoms with van der Waals surface area (Å²) in [6.45, 7) is 4.15. The van der Waals surface area contributed by atoms with Crippen LogP contribution in [0.4, 0.5) is 5.69 Å². The van der Waals surface area contributed by atoms with Crippen molar-refractivity contribution in [3.63, 3.8) is 0 Å². The van der Waals surface area contributed by atoms with Crippen molar-refractivity contribution in [2.45, 2.75) is 44.3 Å². The van der Waals surface area contributed by atoms with Crippen LogP contribution in [0, 0.1) is 6.92 Å². The number of nitrogens with zero attached hydrogens (tertiary/aromatic N) is 3. The second-order valence-electron chi connectivity index (χ2n) is 8.27. The number of rotatable bonds is 6. The molecule has 0 fully saturated rings. The zero-order valence-corrected chi connectivity index (χ0v) is 20.1. The number of fused-ring (bicyclic) bond motifs is 2. The summed E-state index contributed by atoms with van der Waals surface area (Å²) in [5.41, 5.74) is 4.73. The fourth-order valence-electron chi connectivity index (χ4n) is 4.01. The third-order valence-electron chi connectivity index (χ3n) is 5.63. The van der Waals surface area contributed by atoms with E-state index in [1.807, 2.05) is 30.3 Å². The summed E-state index contributed by atoms with van der Waals surface area (Å²) in [4.78, 5) is 34.6. The predicted molar refractivity (Wildman–Crippen MR) is 135 cm³/mol. The smallest absolute Gasteiger partial charge is 0.254 e. The molecule has 0 bridgehead atoms. The minimum atomic E-state index is -0.175. The highest BCUT2D eigenvalue weighted by Crippen LogP contribution is 2.33. The summed E-state index contributed by atoms with van der Waals surface area (Å²) in [6, 6.07) is 15.4. The van der Waals surface area contributed by atoms with Crippen LogP contribution >= 0.6 is 23.1 Å². The number of thioether (sulfide) groups is 1. The lowest BCUT2D eigenvalue weighted by molar-refractivity contribution is -0.116. The second-order valence-corrected chi connectivity index (χ2v) is 10.3. The van der Waals surface area contributed by atoms with E-state index in [-0.39, 0.29) is 23.9 Å². The Bertz CT molecular complexity index is 1390. The number of anilines is 1. The molecule has 1 unspecified atom stereocenters. The van der Waals surface area contributed by atoms with Crippen molar-refractivity contribution in [2.75, 3.05) is 11.1 Å². The number of thiazole rings is 1. The van der Waals surface area contributed by atoms with Crippen molar-refractivity contribution in [1.82, 2.24) is 14.5 Å². The Labute approximate surface area is 200 Å². The molecule has 5 rings (SSSR count). The molecule has 168 valence electrons. The van der Waals surface area contributed by atoms with E-state index >= 15 is 0 Å². The van der Waals surface area contributed by atoms with E-state index in [2.05, 4.69) is 36.3 Å². The zero-order valence-electron chi connectivity index (χ0n) is 18.5. The lowest BCUT2D eigenvalue weighted by Gasteiger charge is -2.13. The van der Waals surface area contributed by atoms with E-state index in [4.69, 9.17) is 4.98 Å². The first-order valence-corrected chi connectivity index (χ1v) is 12.8. The first-order chi connectivity index (χ1) is 16.0. The van der Waals surface area contributed by atoms with E-state index in [1.165, 1.54) is 10.3 Å². The van der Waals surface area contributed by atoms with Crippen LogP contribution in [0.2, 0.25) is 0 Å². The molecule has 1 N–H and O–H groups in total. The van der Waals surface area contributed by atoms with E-state index in [9.17, 15) is 9.59 Å². The first-order valence-electron chi connectivity index (χ1n) is 11.0. The highest BCUT2D eigenvalue weighted by molar-refractivity contribution is 7.99. The number of hydrogen-bond acceptors (Lipinski definition) is 6. The van der Waals surface area contributed by atoms with E-state index in [0.29, 0.717) is 5.75 Å². The average Bonchev–Trinajstić information content (AvgIpc) is 3.38. The molecule has 0 spiro atoms. The van der Waals surface area contributed by atoms with Gasteiger partial charge in [-0.05, 0) is 55.3 Å². The highest BCUT2D eigenvalue weighted by Gasteiger charge is 2.27. The monoisotopic (exact) mass is 476 g/mol. The van der Waals surface area contributed by atoms with Crippen LogP contribution in [0.25, 0.3) is 20.8 Å². The van der Waals surface area contributed by atoms with E-state index in [1.54, 1.807) is 33.7 Å². The zero-order chi connectivity index (χ0) is 22.9. The van der Waals surface area contributed by atoms with E-state index in [0.717, 1.165) is 45.5 Å². The average molecular weight is 477 g/mol. The topological polar surface area (TPSA) is 76.9 Å². The molecule has 0 radical (unpaired) electrons. The van der Waals surface area contributed by atoms with Gasteiger partial charge in [-0.25, -0.2) is 9.97 Å². The highest BCUT2D eigenvalue weighted by atomic mass is 32.2. The summed E-state index contributed by atoms with van der Waals surface area (Å²) in [5, 5.41) is 4.64. The summed E-state index contributed by atoms with van der Waals surface area (Å²) < 4.78 is 2.84. The minimum Gasteiger partial charge on any atom is -0.326 e. The fraction of sp³-hybridized carbons (Fsp3) is 0.280.